The summed E-state index contributed by atoms with van der Waals surface area (Å²) >= 11 is 0. The molecule has 0 saturated carbocycles. The second kappa shape index (κ2) is 9.51. The summed E-state index contributed by atoms with van der Waals surface area (Å²) in [5.41, 5.74) is 2.78. The fraction of sp³-hybridized carbons (Fsp3) is 0.500. The topological polar surface area (TPSA) is 128 Å². The maximum Gasteiger partial charge on any atom is 0.200 e. The Kier molecular flexibility index (Phi) is 6.65. The van der Waals surface area contributed by atoms with Crippen LogP contribution in [0.25, 0.3) is 0 Å². The van der Waals surface area contributed by atoms with Gasteiger partial charge in [-0.1, -0.05) is 0 Å². The van der Waals surface area contributed by atoms with Gasteiger partial charge in [0.25, 0.3) is 0 Å². The van der Waals surface area contributed by atoms with Crippen molar-refractivity contribution in [3.63, 3.8) is 0 Å². The average molecular weight is 557 g/mol. The molecule has 0 fully saturated rings. The van der Waals surface area contributed by atoms with Crippen molar-refractivity contribution in [3.8, 4) is 11.5 Å². The van der Waals surface area contributed by atoms with Gasteiger partial charge in [0.2, 0.25) is 11.6 Å². The molecule has 5 rings (SSSR count). The van der Waals surface area contributed by atoms with Crippen LogP contribution in [0.5, 0.6) is 11.5 Å². The number of hydroxylamine groups is 6. The monoisotopic (exact) mass is 556 g/mol. The summed E-state index contributed by atoms with van der Waals surface area (Å²) in [6.07, 6.45) is 0. The maximum atomic E-state index is 14.3. The molecule has 0 aromatic heterocycles. The van der Waals surface area contributed by atoms with Crippen LogP contribution >= 0.6 is 0 Å². The summed E-state index contributed by atoms with van der Waals surface area (Å²) in [6.45, 7) is 4.08. The number of hydrogen-bond donors (Lipinski definition) is 4. The van der Waals surface area contributed by atoms with Crippen molar-refractivity contribution in [1.29, 1.82) is 0 Å². The van der Waals surface area contributed by atoms with Crippen LogP contribution < -0.4 is 19.6 Å². The number of hydrogen-bond acceptors (Lipinski definition) is 10. The lowest BCUT2D eigenvalue weighted by Crippen LogP contribution is -2.50. The van der Waals surface area contributed by atoms with Gasteiger partial charge in [0.15, 0.2) is 0 Å². The lowest BCUT2D eigenvalue weighted by Gasteiger charge is -2.47. The summed E-state index contributed by atoms with van der Waals surface area (Å²) in [7, 11) is 10.6. The summed E-state index contributed by atoms with van der Waals surface area (Å²) in [5, 5.41) is 42.4. The first-order chi connectivity index (χ1) is 18.6. The van der Waals surface area contributed by atoms with Gasteiger partial charge in [-0.05, 0) is 12.1 Å². The molecule has 2 aliphatic heterocycles. The minimum absolute atomic E-state index is 0.194. The van der Waals surface area contributed by atoms with Crippen LogP contribution in [-0.4, -0.2) is 136 Å². The standard InChI is InChI=1S/C28H38N6O6/c1-29-9-11-31(13-15-33(3,4)39)23-21-22(28(38)20-18(36)8-7-17(35)19(20)27(21)37)24-26(25(23)29)30(2)10-12-32(24)14-16-34(5,6)40/h7-8,39-40H,9-16H2,1-6H3/p+2. The van der Waals surface area contributed by atoms with E-state index in [0.717, 1.165) is 11.4 Å². The molecule has 12 nitrogen and oxygen atoms in total. The van der Waals surface area contributed by atoms with E-state index in [9.17, 15) is 30.2 Å². The SMILES string of the molecule is CN1CCN(CC[N+](C)(C)O)c2c3c(c4c(c21)N(C)CCN4CC[N+](C)(C)O)C(=O)c1c(O)ccc(O)c1C3=O. The van der Waals surface area contributed by atoms with Crippen molar-refractivity contribution in [3.05, 3.63) is 34.4 Å². The van der Waals surface area contributed by atoms with E-state index in [-0.39, 0.29) is 43.0 Å². The zero-order chi connectivity index (χ0) is 29.3. The summed E-state index contributed by atoms with van der Waals surface area (Å²) in [6, 6.07) is 2.46. The molecule has 0 spiro atoms. The number of carbonyl (C=O) groups is 2. The van der Waals surface area contributed by atoms with Gasteiger partial charge in [0.05, 0.1) is 86.3 Å². The Balaban J connectivity index is 1.84. The van der Waals surface area contributed by atoms with Gasteiger partial charge in [-0.2, -0.15) is 9.29 Å². The quantitative estimate of drug-likeness (QED) is 0.201. The number of quaternary nitrogens is 2. The number of aromatic hydroxyl groups is 2. The number of anilines is 4. The van der Waals surface area contributed by atoms with Crippen molar-refractivity contribution < 1.29 is 39.5 Å². The number of ketones is 2. The average Bonchev–Trinajstić information content (AvgIpc) is 2.85. The highest BCUT2D eigenvalue weighted by Crippen LogP contribution is 2.55. The zero-order valence-corrected chi connectivity index (χ0v) is 24.1. The number of phenols is 2. The number of fused-ring (bicyclic) bond motifs is 7. The van der Waals surface area contributed by atoms with E-state index in [1.165, 1.54) is 12.1 Å². The molecule has 40 heavy (non-hydrogen) atoms. The molecule has 4 N–H and O–H groups in total. The van der Waals surface area contributed by atoms with Crippen LogP contribution in [0, 0.1) is 0 Å². The fourth-order valence-electron chi connectivity index (χ4n) is 5.94. The van der Waals surface area contributed by atoms with Crippen LogP contribution in [0.1, 0.15) is 31.8 Å². The first-order valence-corrected chi connectivity index (χ1v) is 13.5. The third-order valence-corrected chi connectivity index (χ3v) is 8.11. The van der Waals surface area contributed by atoms with Crippen molar-refractivity contribution in [1.82, 2.24) is 0 Å². The zero-order valence-electron chi connectivity index (χ0n) is 24.1. The highest BCUT2D eigenvalue weighted by atomic mass is 16.5. The Morgan fingerprint density at radius 3 is 1.30 bits per heavy atom. The normalized spacial score (nSPS) is 17.1. The lowest BCUT2D eigenvalue weighted by atomic mass is 9.79. The number of phenolic OH excluding ortho intramolecular Hbond substituents is 2. The highest BCUT2D eigenvalue weighted by Gasteiger charge is 2.46. The number of nitrogens with zero attached hydrogens (tertiary/aromatic N) is 6. The van der Waals surface area contributed by atoms with Gasteiger partial charge in [-0.15, -0.1) is 0 Å². The lowest BCUT2D eigenvalue weighted by molar-refractivity contribution is -1.07. The second-order valence-corrected chi connectivity index (χ2v) is 12.2. The molecule has 0 bridgehead atoms. The summed E-state index contributed by atoms with van der Waals surface area (Å²) < 4.78 is -0.524. The van der Waals surface area contributed by atoms with Gasteiger partial charge >= 0.3 is 0 Å². The molecule has 1 aliphatic carbocycles. The Morgan fingerprint density at radius 1 is 0.625 bits per heavy atom. The van der Waals surface area contributed by atoms with E-state index in [0.29, 0.717) is 63.7 Å². The van der Waals surface area contributed by atoms with Gasteiger partial charge < -0.3 is 29.8 Å². The summed E-state index contributed by atoms with van der Waals surface area (Å²) in [4.78, 5) is 37.0. The van der Waals surface area contributed by atoms with Gasteiger partial charge in [0.1, 0.15) is 24.6 Å². The van der Waals surface area contributed by atoms with Crippen LogP contribution in [-0.2, 0) is 0 Å². The molecule has 3 aliphatic rings. The molecular weight excluding hydrogens is 516 g/mol. The van der Waals surface area contributed by atoms with Crippen molar-refractivity contribution >= 4 is 34.3 Å². The number of carbonyl (C=O) groups excluding carboxylic acids is 2. The largest absolute Gasteiger partial charge is 0.507 e. The smallest absolute Gasteiger partial charge is 0.200 e. The van der Waals surface area contributed by atoms with Crippen molar-refractivity contribution in [2.75, 3.05) is 114 Å². The fourth-order valence-corrected chi connectivity index (χ4v) is 5.94. The molecule has 2 heterocycles. The molecule has 0 radical (unpaired) electrons. The molecule has 2 aromatic rings. The number of likely N-dealkylation sites (N-methyl/N-ethyl adjacent to an activating group) is 4. The highest BCUT2D eigenvalue weighted by molar-refractivity contribution is 6.35. The first-order valence-electron chi connectivity index (χ1n) is 13.5. The molecule has 0 saturated heterocycles. The van der Waals surface area contributed by atoms with Gasteiger partial charge in [-0.25, -0.2) is 10.4 Å². The molecule has 0 amide bonds. The van der Waals surface area contributed by atoms with Crippen LogP contribution in [0.3, 0.4) is 0 Å². The van der Waals surface area contributed by atoms with Crippen LogP contribution in [0.15, 0.2) is 12.1 Å². The predicted molar refractivity (Wildman–Crippen MR) is 152 cm³/mol. The van der Waals surface area contributed by atoms with E-state index in [2.05, 4.69) is 9.80 Å². The minimum atomic E-state index is -0.526. The Morgan fingerprint density at radius 2 is 0.975 bits per heavy atom. The third-order valence-electron chi connectivity index (χ3n) is 8.11. The molecule has 0 atom stereocenters. The predicted octanol–water partition coefficient (Wildman–Crippen LogP) is 1.32. The van der Waals surface area contributed by atoms with Crippen molar-refractivity contribution in [2.45, 2.75) is 0 Å². The maximum absolute atomic E-state index is 14.3. The summed E-state index contributed by atoms with van der Waals surface area (Å²) in [5.74, 6) is -1.77. The van der Waals surface area contributed by atoms with E-state index in [1.807, 2.05) is 23.9 Å². The Bertz CT molecular complexity index is 1290. The van der Waals surface area contributed by atoms with Crippen LogP contribution in [0.2, 0.25) is 0 Å². The van der Waals surface area contributed by atoms with Gasteiger partial charge in [0, 0.05) is 40.3 Å². The first kappa shape index (κ1) is 28.0. The molecule has 12 heteroatoms. The molecule has 2 aromatic carbocycles. The van der Waals surface area contributed by atoms with Crippen LogP contribution in [0.4, 0.5) is 22.7 Å². The number of rotatable bonds is 6. The Labute approximate surface area is 234 Å². The minimum Gasteiger partial charge on any atom is -0.507 e. The third kappa shape index (κ3) is 4.60. The van der Waals surface area contributed by atoms with E-state index < -0.39 is 11.6 Å². The Hall–Kier alpha value is -3.58. The molecule has 0 unspecified atom stereocenters. The second-order valence-electron chi connectivity index (χ2n) is 12.2. The molecular formula is C28H40N6O6+2. The number of benzene rings is 2. The van der Waals surface area contributed by atoms with E-state index in [1.54, 1.807) is 28.2 Å². The molecule has 216 valence electrons. The van der Waals surface area contributed by atoms with E-state index in [4.69, 9.17) is 0 Å². The van der Waals surface area contributed by atoms with E-state index >= 15 is 0 Å². The van der Waals surface area contributed by atoms with Gasteiger partial charge in [-0.3, -0.25) is 9.59 Å². The van der Waals surface area contributed by atoms with Crippen molar-refractivity contribution in [2.24, 2.45) is 0 Å².